The summed E-state index contributed by atoms with van der Waals surface area (Å²) in [5.41, 5.74) is 2.28. The number of aromatic nitrogens is 2. The lowest BCUT2D eigenvalue weighted by atomic mass is 10.1. The van der Waals surface area contributed by atoms with Crippen LogP contribution < -0.4 is 10.6 Å². The maximum absolute atomic E-state index is 4.35. The maximum Gasteiger partial charge on any atom is 0.191 e. The fourth-order valence-corrected chi connectivity index (χ4v) is 3.03. The van der Waals surface area contributed by atoms with Gasteiger partial charge in [-0.1, -0.05) is 6.92 Å². The highest BCUT2D eigenvalue weighted by Gasteiger charge is 2.38. The average molecular weight is 418 g/mol. The second-order valence-electron chi connectivity index (χ2n) is 6.36. The third kappa shape index (κ3) is 4.13. The van der Waals surface area contributed by atoms with Gasteiger partial charge in [0.2, 0.25) is 0 Å². The molecule has 124 valence electrons. The number of aryl methyl sites for hydroxylation is 1. The van der Waals surface area contributed by atoms with E-state index in [9.17, 15) is 0 Å². The highest BCUT2D eigenvalue weighted by Crippen LogP contribution is 2.31. The summed E-state index contributed by atoms with van der Waals surface area (Å²) >= 11 is 0. The van der Waals surface area contributed by atoms with Gasteiger partial charge in [-0.25, -0.2) is 0 Å². The Morgan fingerprint density at radius 3 is 2.82 bits per heavy atom. The first kappa shape index (κ1) is 17.5. The number of rotatable bonds is 4. The minimum atomic E-state index is 0. The quantitative estimate of drug-likeness (QED) is 0.394. The topological polar surface area (TPSA) is 68.3 Å². The summed E-state index contributed by atoms with van der Waals surface area (Å²) in [4.78, 5) is 6.97. The molecule has 2 atom stereocenters. The van der Waals surface area contributed by atoms with Crippen LogP contribution in [0.1, 0.15) is 31.0 Å². The highest BCUT2D eigenvalue weighted by atomic mass is 127. The van der Waals surface area contributed by atoms with E-state index in [2.05, 4.69) is 37.6 Å². The summed E-state index contributed by atoms with van der Waals surface area (Å²) in [6.07, 6.45) is 4.63. The van der Waals surface area contributed by atoms with Crippen molar-refractivity contribution in [3.05, 3.63) is 17.5 Å². The van der Waals surface area contributed by atoms with Crippen LogP contribution in [-0.2, 0) is 6.54 Å². The molecule has 1 aromatic rings. The van der Waals surface area contributed by atoms with Gasteiger partial charge in [-0.15, -0.1) is 24.0 Å². The molecule has 0 bridgehead atoms. The van der Waals surface area contributed by atoms with Gasteiger partial charge in [-0.05, 0) is 25.7 Å². The Bertz CT molecular complexity index is 510. The van der Waals surface area contributed by atoms with Crippen LogP contribution in [0.5, 0.6) is 0 Å². The Labute approximate surface area is 149 Å². The van der Waals surface area contributed by atoms with E-state index >= 15 is 0 Å². The second-order valence-corrected chi connectivity index (χ2v) is 6.36. The molecule has 1 aliphatic heterocycles. The second kappa shape index (κ2) is 7.63. The first-order valence-electron chi connectivity index (χ1n) is 7.87. The molecule has 22 heavy (non-hydrogen) atoms. The Morgan fingerprint density at radius 1 is 1.45 bits per heavy atom. The first-order valence-corrected chi connectivity index (χ1v) is 7.87. The van der Waals surface area contributed by atoms with Gasteiger partial charge in [0.05, 0.1) is 6.20 Å². The number of aromatic amines is 1. The van der Waals surface area contributed by atoms with Gasteiger partial charge in [0.15, 0.2) is 5.96 Å². The average Bonchev–Trinajstić information content (AvgIpc) is 3.15. The third-order valence-electron chi connectivity index (χ3n) is 4.63. The molecule has 6 nitrogen and oxygen atoms in total. The standard InChI is InChI=1S/C15H26N6.HI/c1-10-8-21(13-4-5-13)9-14(10)19-15(16-3)17-6-12-7-18-20-11(12)2;/h7,10,13-14H,4-6,8-9H2,1-3H3,(H,18,20)(H2,16,17,19);1H. The normalized spacial score (nSPS) is 25.9. The Hall–Kier alpha value is -0.830. The molecule has 0 spiro atoms. The lowest BCUT2D eigenvalue weighted by molar-refractivity contribution is 0.315. The summed E-state index contributed by atoms with van der Waals surface area (Å²) < 4.78 is 0. The monoisotopic (exact) mass is 418 g/mol. The molecule has 1 aromatic heterocycles. The molecule has 0 radical (unpaired) electrons. The van der Waals surface area contributed by atoms with Crippen LogP contribution in [0, 0.1) is 12.8 Å². The molecule has 0 amide bonds. The minimum Gasteiger partial charge on any atom is -0.352 e. The first-order chi connectivity index (χ1) is 10.2. The number of nitrogens with one attached hydrogen (secondary N) is 3. The Kier molecular flexibility index (Phi) is 6.08. The zero-order valence-electron chi connectivity index (χ0n) is 13.6. The lowest BCUT2D eigenvalue weighted by Crippen LogP contribution is -2.46. The van der Waals surface area contributed by atoms with E-state index in [4.69, 9.17) is 0 Å². The van der Waals surface area contributed by atoms with Crippen LogP contribution in [0.25, 0.3) is 0 Å². The van der Waals surface area contributed by atoms with Gasteiger partial charge < -0.3 is 10.6 Å². The smallest absolute Gasteiger partial charge is 0.191 e. The van der Waals surface area contributed by atoms with Crippen LogP contribution in [-0.4, -0.2) is 53.3 Å². The van der Waals surface area contributed by atoms with Crippen LogP contribution in [0.3, 0.4) is 0 Å². The zero-order valence-corrected chi connectivity index (χ0v) is 15.9. The van der Waals surface area contributed by atoms with Crippen molar-refractivity contribution in [2.75, 3.05) is 20.1 Å². The number of guanidine groups is 1. The predicted molar refractivity (Wildman–Crippen MR) is 99.6 cm³/mol. The molecule has 2 unspecified atom stereocenters. The number of H-pyrrole nitrogens is 1. The van der Waals surface area contributed by atoms with Crippen molar-refractivity contribution in [1.29, 1.82) is 0 Å². The van der Waals surface area contributed by atoms with Crippen molar-refractivity contribution < 1.29 is 0 Å². The number of hydrogen-bond acceptors (Lipinski definition) is 3. The minimum absolute atomic E-state index is 0. The highest BCUT2D eigenvalue weighted by molar-refractivity contribution is 14.0. The molecule has 1 saturated carbocycles. The molecule has 3 rings (SSSR count). The Morgan fingerprint density at radius 2 is 2.23 bits per heavy atom. The summed E-state index contributed by atoms with van der Waals surface area (Å²) in [7, 11) is 1.83. The van der Waals surface area contributed by atoms with Crippen molar-refractivity contribution in [3.63, 3.8) is 0 Å². The fraction of sp³-hybridized carbons (Fsp3) is 0.733. The molecular formula is C15H27IN6. The zero-order chi connectivity index (χ0) is 14.8. The van der Waals surface area contributed by atoms with E-state index in [1.807, 2.05) is 20.2 Å². The SMILES string of the molecule is CN=C(NCc1cn[nH]c1C)NC1CN(C2CC2)CC1C.I. The summed E-state index contributed by atoms with van der Waals surface area (Å²) in [5, 5.41) is 14.0. The third-order valence-corrected chi connectivity index (χ3v) is 4.63. The number of nitrogens with zero attached hydrogens (tertiary/aromatic N) is 3. The summed E-state index contributed by atoms with van der Waals surface area (Å²) in [6.45, 7) is 7.45. The molecule has 1 aliphatic carbocycles. The number of hydrogen-bond donors (Lipinski definition) is 3. The van der Waals surface area contributed by atoms with E-state index in [0.717, 1.165) is 30.8 Å². The van der Waals surface area contributed by atoms with Gasteiger partial charge >= 0.3 is 0 Å². The number of aliphatic imine (C=N–C) groups is 1. The molecule has 2 heterocycles. The summed E-state index contributed by atoms with van der Waals surface area (Å²) in [6, 6.07) is 1.34. The van der Waals surface area contributed by atoms with Crippen molar-refractivity contribution >= 4 is 29.9 Å². The molecule has 2 fully saturated rings. The van der Waals surface area contributed by atoms with Gasteiger partial charge in [0, 0.05) is 50.0 Å². The van der Waals surface area contributed by atoms with E-state index in [-0.39, 0.29) is 24.0 Å². The van der Waals surface area contributed by atoms with Gasteiger partial charge in [-0.2, -0.15) is 5.10 Å². The van der Waals surface area contributed by atoms with E-state index < -0.39 is 0 Å². The largest absolute Gasteiger partial charge is 0.352 e. The Balaban J connectivity index is 0.00000176. The predicted octanol–water partition coefficient (Wildman–Crippen LogP) is 1.48. The van der Waals surface area contributed by atoms with Crippen LogP contribution >= 0.6 is 24.0 Å². The van der Waals surface area contributed by atoms with Crippen molar-refractivity contribution in [1.82, 2.24) is 25.7 Å². The van der Waals surface area contributed by atoms with Gasteiger partial charge in [0.25, 0.3) is 0 Å². The van der Waals surface area contributed by atoms with E-state index in [0.29, 0.717) is 12.0 Å². The van der Waals surface area contributed by atoms with Gasteiger partial charge in [0.1, 0.15) is 0 Å². The van der Waals surface area contributed by atoms with E-state index in [1.165, 1.54) is 24.9 Å². The van der Waals surface area contributed by atoms with Crippen molar-refractivity contribution in [3.8, 4) is 0 Å². The number of halogens is 1. The summed E-state index contributed by atoms with van der Waals surface area (Å²) in [5.74, 6) is 1.55. The molecule has 3 N–H and O–H groups in total. The molecule has 2 aliphatic rings. The van der Waals surface area contributed by atoms with Crippen molar-refractivity contribution in [2.45, 2.75) is 45.3 Å². The molecule has 7 heteroatoms. The van der Waals surface area contributed by atoms with Crippen molar-refractivity contribution in [2.24, 2.45) is 10.9 Å². The van der Waals surface area contributed by atoms with Crippen LogP contribution in [0.15, 0.2) is 11.2 Å². The maximum atomic E-state index is 4.35. The number of likely N-dealkylation sites (tertiary alicyclic amines) is 1. The molecule has 1 saturated heterocycles. The van der Waals surface area contributed by atoms with Crippen LogP contribution in [0.2, 0.25) is 0 Å². The molecular weight excluding hydrogens is 391 g/mol. The lowest BCUT2D eigenvalue weighted by Gasteiger charge is -2.20. The fourth-order valence-electron chi connectivity index (χ4n) is 3.03. The van der Waals surface area contributed by atoms with Crippen LogP contribution in [0.4, 0.5) is 0 Å². The van der Waals surface area contributed by atoms with E-state index in [1.54, 1.807) is 0 Å². The van der Waals surface area contributed by atoms with Gasteiger partial charge in [-0.3, -0.25) is 15.0 Å². The molecule has 0 aromatic carbocycles.